The molecule has 0 saturated heterocycles. The van der Waals surface area contributed by atoms with Gasteiger partial charge in [-0.3, -0.25) is 5.73 Å². The molecule has 0 radical (unpaired) electrons. The van der Waals surface area contributed by atoms with Crippen LogP contribution >= 0.6 is 0 Å². The topological polar surface area (TPSA) is 93.3 Å². The molecule has 0 amide bonds. The molecule has 18 heavy (non-hydrogen) atoms. The molecule has 1 heterocycles. The van der Waals surface area contributed by atoms with Crippen LogP contribution in [0.4, 0.5) is 11.6 Å². The summed E-state index contributed by atoms with van der Waals surface area (Å²) in [6.07, 6.45) is 1.56. The molecular formula is C12H14N4O2. The molecule has 1 aromatic heterocycles. The fraction of sp³-hybridized carbons (Fsp3) is 0.167. The third-order valence-electron chi connectivity index (χ3n) is 2.33. The molecule has 4 N–H and O–H groups in total. The average Bonchev–Trinajstić information content (AvgIpc) is 2.35. The number of hydrogen-bond donors (Lipinski definition) is 3. The number of nitrogens with zero attached hydrogens (tertiary/aromatic N) is 2. The smallest absolute Gasteiger partial charge is 0.230 e. The minimum Gasteiger partial charge on any atom is -0.508 e. The fourth-order valence-electron chi connectivity index (χ4n) is 1.38. The van der Waals surface area contributed by atoms with E-state index in [-0.39, 0.29) is 12.5 Å². The van der Waals surface area contributed by atoms with E-state index in [9.17, 15) is 5.11 Å². The summed E-state index contributed by atoms with van der Waals surface area (Å²) in [5, 5.41) is 12.6. The molecule has 94 valence electrons. The van der Waals surface area contributed by atoms with Gasteiger partial charge in [0.1, 0.15) is 12.5 Å². The van der Waals surface area contributed by atoms with Crippen molar-refractivity contribution in [1.29, 1.82) is 0 Å². The molecule has 0 bridgehead atoms. The lowest BCUT2D eigenvalue weighted by Crippen LogP contribution is -2.09. The van der Waals surface area contributed by atoms with E-state index in [1.807, 2.05) is 13.0 Å². The first-order chi connectivity index (χ1) is 8.69. The first-order valence-corrected chi connectivity index (χ1v) is 5.41. The number of aryl methyl sites for hydroxylation is 1. The highest BCUT2D eigenvalue weighted by molar-refractivity contribution is 5.57. The van der Waals surface area contributed by atoms with E-state index in [1.165, 1.54) is 0 Å². The molecule has 0 aliphatic carbocycles. The highest BCUT2D eigenvalue weighted by atomic mass is 16.5. The maximum atomic E-state index is 9.59. The molecule has 6 heteroatoms. The molecule has 0 aliphatic rings. The molecule has 0 aliphatic heterocycles. The Balaban J connectivity index is 2.17. The number of aromatic nitrogens is 2. The van der Waals surface area contributed by atoms with Crippen molar-refractivity contribution in [1.82, 2.24) is 9.97 Å². The molecule has 2 rings (SSSR count). The Labute approximate surface area is 104 Å². The van der Waals surface area contributed by atoms with Gasteiger partial charge in [-0.25, -0.2) is 4.98 Å². The summed E-state index contributed by atoms with van der Waals surface area (Å²) in [7, 11) is 0. The third kappa shape index (κ3) is 2.86. The van der Waals surface area contributed by atoms with Crippen molar-refractivity contribution in [3.8, 4) is 11.6 Å². The molecule has 1 aromatic carbocycles. The minimum absolute atomic E-state index is 0.0573. The largest absolute Gasteiger partial charge is 0.508 e. The van der Waals surface area contributed by atoms with Crippen molar-refractivity contribution in [2.45, 2.75) is 6.92 Å². The van der Waals surface area contributed by atoms with Gasteiger partial charge in [-0.05, 0) is 18.6 Å². The predicted molar refractivity (Wildman–Crippen MR) is 67.8 cm³/mol. The zero-order chi connectivity index (χ0) is 13.0. The summed E-state index contributed by atoms with van der Waals surface area (Å²) in [6, 6.07) is 6.85. The third-order valence-corrected chi connectivity index (χ3v) is 2.33. The maximum Gasteiger partial charge on any atom is 0.230 e. The number of phenols is 1. The predicted octanol–water partition coefficient (Wildman–Crippen LogP) is 1.53. The number of nitrogens with two attached hydrogens (primary N) is 1. The second-order valence-electron chi connectivity index (χ2n) is 3.66. The molecule has 6 nitrogen and oxygen atoms in total. The van der Waals surface area contributed by atoms with E-state index in [2.05, 4.69) is 15.3 Å². The first-order valence-electron chi connectivity index (χ1n) is 5.41. The van der Waals surface area contributed by atoms with Gasteiger partial charge in [0.25, 0.3) is 0 Å². The normalized spacial score (nSPS) is 10.1. The van der Waals surface area contributed by atoms with Crippen molar-refractivity contribution >= 4 is 11.6 Å². The Hall–Kier alpha value is -2.34. The molecule has 0 atom stereocenters. The van der Waals surface area contributed by atoms with E-state index in [0.717, 1.165) is 5.56 Å². The SMILES string of the molecule is Cc1ccc(Nc2nccc(OCN)n2)cc1O. The van der Waals surface area contributed by atoms with E-state index in [0.29, 0.717) is 17.5 Å². The Kier molecular flexibility index (Phi) is 3.59. The van der Waals surface area contributed by atoms with Crippen LogP contribution in [-0.4, -0.2) is 21.8 Å². The highest BCUT2D eigenvalue weighted by Crippen LogP contribution is 2.23. The van der Waals surface area contributed by atoms with Gasteiger partial charge in [0.2, 0.25) is 11.8 Å². The zero-order valence-corrected chi connectivity index (χ0v) is 9.92. The second kappa shape index (κ2) is 5.33. The number of anilines is 2. The average molecular weight is 246 g/mol. The number of nitrogens with one attached hydrogen (secondary N) is 1. The maximum absolute atomic E-state index is 9.59. The van der Waals surface area contributed by atoms with E-state index < -0.39 is 0 Å². The van der Waals surface area contributed by atoms with Crippen LogP contribution < -0.4 is 15.8 Å². The Bertz CT molecular complexity index is 545. The van der Waals surface area contributed by atoms with Gasteiger partial charge in [-0.2, -0.15) is 4.98 Å². The van der Waals surface area contributed by atoms with Gasteiger partial charge < -0.3 is 15.2 Å². The molecule has 2 aromatic rings. The van der Waals surface area contributed by atoms with E-state index >= 15 is 0 Å². The summed E-state index contributed by atoms with van der Waals surface area (Å²) in [4.78, 5) is 8.15. The van der Waals surface area contributed by atoms with Crippen molar-refractivity contribution in [2.75, 3.05) is 12.0 Å². The lowest BCUT2D eigenvalue weighted by Gasteiger charge is -2.07. The van der Waals surface area contributed by atoms with Gasteiger partial charge in [0.15, 0.2) is 0 Å². The fourth-order valence-corrected chi connectivity index (χ4v) is 1.38. The van der Waals surface area contributed by atoms with Crippen molar-refractivity contribution in [2.24, 2.45) is 5.73 Å². The number of phenolic OH excluding ortho intramolecular Hbond substituents is 1. The molecule has 0 spiro atoms. The van der Waals surface area contributed by atoms with Gasteiger partial charge in [0, 0.05) is 24.0 Å². The van der Waals surface area contributed by atoms with Gasteiger partial charge >= 0.3 is 0 Å². The summed E-state index contributed by atoms with van der Waals surface area (Å²) >= 11 is 0. The van der Waals surface area contributed by atoms with Crippen LogP contribution in [0.1, 0.15) is 5.56 Å². The summed E-state index contributed by atoms with van der Waals surface area (Å²) in [5.74, 6) is 0.991. The van der Waals surface area contributed by atoms with Crippen LogP contribution in [0.3, 0.4) is 0 Å². The first kappa shape index (κ1) is 12.1. The Morgan fingerprint density at radius 1 is 1.39 bits per heavy atom. The Morgan fingerprint density at radius 2 is 2.22 bits per heavy atom. The number of benzene rings is 1. The van der Waals surface area contributed by atoms with Crippen LogP contribution in [0.15, 0.2) is 30.5 Å². The second-order valence-corrected chi connectivity index (χ2v) is 3.66. The van der Waals surface area contributed by atoms with Crippen molar-refractivity contribution < 1.29 is 9.84 Å². The van der Waals surface area contributed by atoms with Crippen molar-refractivity contribution in [3.63, 3.8) is 0 Å². The number of aromatic hydroxyl groups is 1. The Morgan fingerprint density at radius 3 is 2.94 bits per heavy atom. The van der Waals surface area contributed by atoms with Gasteiger partial charge in [-0.15, -0.1) is 0 Å². The molecule has 0 unspecified atom stereocenters. The molecular weight excluding hydrogens is 232 g/mol. The standard InChI is InChI=1S/C12H14N4O2/c1-8-2-3-9(6-10(8)17)15-12-14-5-4-11(16-12)18-7-13/h2-6,17H,7,13H2,1H3,(H,14,15,16). The minimum atomic E-state index is 0.0573. The highest BCUT2D eigenvalue weighted by Gasteiger charge is 2.02. The van der Waals surface area contributed by atoms with Gasteiger partial charge in [0.05, 0.1) is 0 Å². The zero-order valence-electron chi connectivity index (χ0n) is 9.92. The monoisotopic (exact) mass is 246 g/mol. The quantitative estimate of drug-likeness (QED) is 0.708. The van der Waals surface area contributed by atoms with Crippen molar-refractivity contribution in [3.05, 3.63) is 36.0 Å². The summed E-state index contributed by atoms with van der Waals surface area (Å²) in [5.41, 5.74) is 6.77. The van der Waals surface area contributed by atoms with Crippen LogP contribution in [0, 0.1) is 6.92 Å². The van der Waals surface area contributed by atoms with Gasteiger partial charge in [-0.1, -0.05) is 6.07 Å². The summed E-state index contributed by atoms with van der Waals surface area (Å²) in [6.45, 7) is 1.88. The summed E-state index contributed by atoms with van der Waals surface area (Å²) < 4.78 is 5.06. The van der Waals surface area contributed by atoms with Crippen LogP contribution in [0.5, 0.6) is 11.6 Å². The van der Waals surface area contributed by atoms with E-state index in [1.54, 1.807) is 24.4 Å². The number of rotatable bonds is 4. The lowest BCUT2D eigenvalue weighted by molar-refractivity contribution is 0.316. The van der Waals surface area contributed by atoms with Crippen LogP contribution in [-0.2, 0) is 0 Å². The number of ether oxygens (including phenoxy) is 1. The van der Waals surface area contributed by atoms with Crippen LogP contribution in [0.2, 0.25) is 0 Å². The molecule has 0 saturated carbocycles. The van der Waals surface area contributed by atoms with Crippen LogP contribution in [0.25, 0.3) is 0 Å². The van der Waals surface area contributed by atoms with E-state index in [4.69, 9.17) is 10.5 Å². The number of hydrogen-bond acceptors (Lipinski definition) is 6. The lowest BCUT2D eigenvalue weighted by atomic mass is 10.2. The molecule has 0 fully saturated rings.